The van der Waals surface area contributed by atoms with Gasteiger partial charge in [0, 0.05) is 37.8 Å². The van der Waals surface area contributed by atoms with Gasteiger partial charge in [0.15, 0.2) is 0 Å². The molecule has 1 saturated heterocycles. The molecule has 13 nitrogen and oxygen atoms in total. The largest absolute Gasteiger partial charge is 0.378 e. The van der Waals surface area contributed by atoms with Crippen molar-refractivity contribution in [1.29, 1.82) is 0 Å². The molecule has 13 heteroatoms. The summed E-state index contributed by atoms with van der Waals surface area (Å²) in [6.45, 7) is 3.21. The molecule has 2 aromatic rings. The fourth-order valence-electron chi connectivity index (χ4n) is 5.79. The number of hydroxylamine groups is 2. The van der Waals surface area contributed by atoms with Crippen LogP contribution in [-0.2, 0) is 54.3 Å². The summed E-state index contributed by atoms with van der Waals surface area (Å²) in [6.07, 6.45) is 2.25. The van der Waals surface area contributed by atoms with E-state index in [2.05, 4.69) is 23.5 Å². The Morgan fingerprint density at radius 2 is 1.20 bits per heavy atom. The van der Waals surface area contributed by atoms with Gasteiger partial charge in [0.05, 0.1) is 71.5 Å². The van der Waals surface area contributed by atoms with Crippen molar-refractivity contribution >= 4 is 46.4 Å². The van der Waals surface area contributed by atoms with Crippen LogP contribution in [0.4, 0.5) is 5.69 Å². The van der Waals surface area contributed by atoms with E-state index in [-0.39, 0.29) is 57.1 Å². The molecule has 3 aliphatic rings. The molecule has 2 heterocycles. The summed E-state index contributed by atoms with van der Waals surface area (Å²) in [7, 11) is 0. The summed E-state index contributed by atoms with van der Waals surface area (Å²) in [5.41, 5.74) is 7.00. The predicted molar refractivity (Wildman–Crippen MR) is 177 cm³/mol. The third-order valence-corrected chi connectivity index (χ3v) is 8.38. The number of allylic oxidation sites excluding steroid dienone is 2. The van der Waals surface area contributed by atoms with Crippen molar-refractivity contribution in [2.24, 2.45) is 0 Å². The van der Waals surface area contributed by atoms with Gasteiger partial charge in [0.1, 0.15) is 0 Å². The quantitative estimate of drug-likeness (QED) is 0.174. The first-order valence-corrected chi connectivity index (χ1v) is 16.8. The summed E-state index contributed by atoms with van der Waals surface area (Å²) in [6, 6.07) is 16.3. The number of imide groups is 1. The molecule has 0 saturated carbocycles. The third-order valence-electron chi connectivity index (χ3n) is 8.38. The number of para-hydroxylation sites is 1. The summed E-state index contributed by atoms with van der Waals surface area (Å²) in [5, 5.41) is 3.33. The van der Waals surface area contributed by atoms with E-state index in [1.165, 1.54) is 16.7 Å². The van der Waals surface area contributed by atoms with Crippen LogP contribution in [0.2, 0.25) is 0 Å². The maximum absolute atomic E-state index is 13.5. The Morgan fingerprint density at radius 1 is 0.633 bits per heavy atom. The van der Waals surface area contributed by atoms with Gasteiger partial charge in [-0.05, 0) is 41.2 Å². The van der Waals surface area contributed by atoms with Gasteiger partial charge >= 0.3 is 5.97 Å². The van der Waals surface area contributed by atoms with Crippen molar-refractivity contribution in [1.82, 2.24) is 10.4 Å². The summed E-state index contributed by atoms with van der Waals surface area (Å²) in [4.78, 5) is 67.1. The minimum absolute atomic E-state index is 0.0497. The van der Waals surface area contributed by atoms with Crippen molar-refractivity contribution < 1.29 is 47.8 Å². The van der Waals surface area contributed by atoms with Gasteiger partial charge in [-0.15, -0.1) is 5.06 Å². The molecule has 0 unspecified atom stereocenters. The third kappa shape index (κ3) is 10.0. The van der Waals surface area contributed by atoms with Crippen LogP contribution in [0.1, 0.15) is 61.6 Å². The number of benzene rings is 2. The fourth-order valence-corrected chi connectivity index (χ4v) is 5.79. The van der Waals surface area contributed by atoms with Gasteiger partial charge in [-0.25, -0.2) is 4.79 Å². The van der Waals surface area contributed by atoms with Gasteiger partial charge in [-0.3, -0.25) is 19.2 Å². The van der Waals surface area contributed by atoms with Crippen molar-refractivity contribution in [3.8, 4) is 0 Å². The number of carbonyl (C=O) groups excluding carboxylic acids is 5. The van der Waals surface area contributed by atoms with Crippen molar-refractivity contribution in [3.63, 3.8) is 0 Å². The number of amides is 4. The van der Waals surface area contributed by atoms with Crippen LogP contribution in [0.15, 0.2) is 48.5 Å². The number of hydrogen-bond donors (Lipinski definition) is 1. The molecule has 0 radical (unpaired) electrons. The zero-order valence-electron chi connectivity index (χ0n) is 27.6. The van der Waals surface area contributed by atoms with Gasteiger partial charge in [-0.1, -0.05) is 42.5 Å². The average Bonchev–Trinajstić information content (AvgIpc) is 3.40. The molecule has 0 aromatic heterocycles. The number of anilines is 1. The van der Waals surface area contributed by atoms with E-state index in [0.717, 1.165) is 29.7 Å². The maximum atomic E-state index is 13.5. The van der Waals surface area contributed by atoms with Crippen LogP contribution in [-0.4, -0.2) is 94.1 Å². The highest BCUT2D eigenvalue weighted by Gasteiger charge is 2.33. The molecule has 1 aliphatic carbocycles. The van der Waals surface area contributed by atoms with E-state index in [9.17, 15) is 24.0 Å². The molecule has 1 fully saturated rings. The van der Waals surface area contributed by atoms with Crippen LogP contribution in [0.3, 0.4) is 0 Å². The topological polar surface area (TPSA) is 150 Å². The molecule has 0 atom stereocenters. The molecular weight excluding hydrogens is 634 g/mol. The highest BCUT2D eigenvalue weighted by molar-refractivity contribution is 6.05. The summed E-state index contributed by atoms with van der Waals surface area (Å²) >= 11 is 0. The zero-order chi connectivity index (χ0) is 34.4. The minimum atomic E-state index is -0.711. The first-order chi connectivity index (χ1) is 23.9. The number of fused-ring (bicyclic) bond motifs is 4. The lowest BCUT2D eigenvalue weighted by Crippen LogP contribution is -2.34. The Balaban J connectivity index is 0.868. The van der Waals surface area contributed by atoms with E-state index in [4.69, 9.17) is 23.8 Å². The Bertz CT molecular complexity index is 1520. The van der Waals surface area contributed by atoms with E-state index in [1.807, 2.05) is 35.2 Å². The second-order valence-electron chi connectivity index (χ2n) is 11.7. The number of ether oxygens (including phenoxy) is 4. The number of hydrogen-bond acceptors (Lipinski definition) is 10. The molecule has 2 aliphatic heterocycles. The van der Waals surface area contributed by atoms with Gasteiger partial charge < -0.3 is 34.0 Å². The van der Waals surface area contributed by atoms with E-state index in [1.54, 1.807) is 0 Å². The van der Waals surface area contributed by atoms with Crippen LogP contribution >= 0.6 is 0 Å². The summed E-state index contributed by atoms with van der Waals surface area (Å²) in [5.74, 6) is -2.03. The fraction of sp³-hybridized carbons (Fsp3) is 0.472. The van der Waals surface area contributed by atoms with Crippen LogP contribution in [0.5, 0.6) is 0 Å². The smallest absolute Gasteiger partial charge is 0.335 e. The molecule has 0 spiro atoms. The molecule has 1 N–H and O–H groups in total. The van der Waals surface area contributed by atoms with Crippen LogP contribution in [0.25, 0.3) is 11.1 Å². The van der Waals surface area contributed by atoms with Gasteiger partial charge in [0.25, 0.3) is 11.8 Å². The maximum Gasteiger partial charge on any atom is 0.335 e. The standard InChI is InChI=1S/C36H43N3O10/c40-32(11-12-33(41)38-25-26-5-1-2-6-27(26)28-9-10-29(28)30-7-3-4-8-31(30)38)37-16-18-46-20-22-48-24-23-47-21-19-45-17-15-36(44)49-39-34(42)13-14-35(39)43/h1-8H,9-25H2,(H,37,40). The molecule has 4 amide bonds. The highest BCUT2D eigenvalue weighted by Crippen LogP contribution is 2.48. The average molecular weight is 678 g/mol. The van der Waals surface area contributed by atoms with E-state index >= 15 is 0 Å². The first kappa shape index (κ1) is 35.9. The molecule has 5 rings (SSSR count). The Hall–Kier alpha value is -4.43. The predicted octanol–water partition coefficient (Wildman–Crippen LogP) is 3.20. The zero-order valence-corrected chi connectivity index (χ0v) is 27.6. The molecule has 2 aromatic carbocycles. The monoisotopic (exact) mass is 677 g/mol. The molecule has 49 heavy (non-hydrogen) atoms. The Labute approximate surface area is 285 Å². The number of nitrogens with one attached hydrogen (secondary N) is 1. The van der Waals surface area contributed by atoms with Crippen LogP contribution in [0, 0.1) is 0 Å². The SMILES string of the molecule is O=C(CCC(=O)N1Cc2ccccc2C2=C(CC2)c2ccccc21)NCCOCCOCCOCCOCCC(=O)ON1C(=O)CCC1=O. The number of nitrogens with zero attached hydrogens (tertiary/aromatic N) is 2. The number of carbonyl (C=O) groups is 5. The Kier molecular flexibility index (Phi) is 13.4. The summed E-state index contributed by atoms with van der Waals surface area (Å²) < 4.78 is 21.7. The molecule has 0 bridgehead atoms. The van der Waals surface area contributed by atoms with E-state index < -0.39 is 17.8 Å². The van der Waals surface area contributed by atoms with Crippen LogP contribution < -0.4 is 10.2 Å². The normalized spacial score (nSPS) is 15.2. The lowest BCUT2D eigenvalue weighted by molar-refractivity contribution is -0.198. The minimum Gasteiger partial charge on any atom is -0.378 e. The molecular formula is C36H43N3O10. The van der Waals surface area contributed by atoms with Gasteiger partial charge in [0.2, 0.25) is 11.8 Å². The second-order valence-corrected chi connectivity index (χ2v) is 11.7. The lowest BCUT2D eigenvalue weighted by atomic mass is 9.77. The molecule has 262 valence electrons. The first-order valence-electron chi connectivity index (χ1n) is 16.8. The van der Waals surface area contributed by atoms with Crippen molar-refractivity contribution in [3.05, 3.63) is 65.2 Å². The second kappa shape index (κ2) is 18.4. The van der Waals surface area contributed by atoms with E-state index in [0.29, 0.717) is 57.8 Å². The number of rotatable bonds is 19. The van der Waals surface area contributed by atoms with Crippen molar-refractivity contribution in [2.75, 3.05) is 64.3 Å². The van der Waals surface area contributed by atoms with Gasteiger partial charge in [-0.2, -0.15) is 0 Å². The Morgan fingerprint density at radius 3 is 1.88 bits per heavy atom. The van der Waals surface area contributed by atoms with Crippen molar-refractivity contribution in [2.45, 2.75) is 51.5 Å². The lowest BCUT2D eigenvalue weighted by Gasteiger charge is -2.35. The highest BCUT2D eigenvalue weighted by atomic mass is 16.7.